The van der Waals surface area contributed by atoms with Crippen LogP contribution in [0.25, 0.3) is 6.08 Å². The van der Waals surface area contributed by atoms with Gasteiger partial charge in [0.15, 0.2) is 11.5 Å². The van der Waals surface area contributed by atoms with Crippen LogP contribution in [-0.4, -0.2) is 19.1 Å². The zero-order valence-electron chi connectivity index (χ0n) is 12.6. The Labute approximate surface area is 137 Å². The molecule has 6 heteroatoms. The fourth-order valence-corrected chi connectivity index (χ4v) is 2.22. The summed E-state index contributed by atoms with van der Waals surface area (Å²) in [6.45, 7) is 0.926. The summed E-state index contributed by atoms with van der Waals surface area (Å²) >= 11 is 0. The predicted molar refractivity (Wildman–Crippen MR) is 86.1 cm³/mol. The number of carbonyl (C=O) groups excluding carboxylic acids is 1. The molecule has 0 atom stereocenters. The van der Waals surface area contributed by atoms with Crippen molar-refractivity contribution < 1.29 is 18.7 Å². The maximum Gasteiger partial charge on any atom is 0.266 e. The van der Waals surface area contributed by atoms with Crippen molar-refractivity contribution in [3.8, 4) is 17.6 Å². The highest BCUT2D eigenvalue weighted by molar-refractivity contribution is 6.09. The van der Waals surface area contributed by atoms with Gasteiger partial charge in [-0.1, -0.05) is 18.2 Å². The summed E-state index contributed by atoms with van der Waals surface area (Å²) in [6.07, 6.45) is 1.41. The van der Waals surface area contributed by atoms with E-state index < -0.39 is 11.7 Å². The number of para-hydroxylation sites is 1. The molecule has 1 heterocycles. The summed E-state index contributed by atoms with van der Waals surface area (Å²) in [7, 11) is 0. The van der Waals surface area contributed by atoms with Crippen molar-refractivity contribution in [1.82, 2.24) is 0 Å². The number of carbonyl (C=O) groups is 1. The first-order valence-corrected chi connectivity index (χ1v) is 7.25. The number of benzene rings is 2. The molecule has 0 aliphatic carbocycles. The molecule has 5 nitrogen and oxygen atoms in total. The molecule has 3 rings (SSSR count). The smallest absolute Gasteiger partial charge is 0.266 e. The molecule has 0 saturated heterocycles. The van der Waals surface area contributed by atoms with Crippen LogP contribution >= 0.6 is 0 Å². The molecule has 2 aromatic carbocycles. The Bertz CT molecular complexity index is 856. The van der Waals surface area contributed by atoms with E-state index >= 15 is 0 Å². The monoisotopic (exact) mass is 324 g/mol. The predicted octanol–water partition coefficient (Wildman–Crippen LogP) is 3.14. The van der Waals surface area contributed by atoms with Gasteiger partial charge in [0.2, 0.25) is 0 Å². The molecule has 1 N–H and O–H groups in total. The van der Waals surface area contributed by atoms with Gasteiger partial charge in [-0.25, -0.2) is 4.39 Å². The number of fused-ring (bicyclic) bond motifs is 1. The van der Waals surface area contributed by atoms with Crippen molar-refractivity contribution in [2.75, 3.05) is 18.5 Å². The molecule has 0 saturated carbocycles. The number of ether oxygens (including phenoxy) is 2. The van der Waals surface area contributed by atoms with Gasteiger partial charge in [-0.3, -0.25) is 4.79 Å². The molecule has 0 fully saturated rings. The Morgan fingerprint density at radius 3 is 2.67 bits per heavy atom. The van der Waals surface area contributed by atoms with Crippen LogP contribution in [0.1, 0.15) is 5.56 Å². The average molecular weight is 324 g/mol. The molecular formula is C18H13FN2O3. The molecule has 2 aromatic rings. The van der Waals surface area contributed by atoms with E-state index in [2.05, 4.69) is 5.32 Å². The van der Waals surface area contributed by atoms with Crippen molar-refractivity contribution >= 4 is 17.7 Å². The Morgan fingerprint density at radius 1 is 1.17 bits per heavy atom. The van der Waals surface area contributed by atoms with Gasteiger partial charge in [0.1, 0.15) is 30.7 Å². The second kappa shape index (κ2) is 6.84. The lowest BCUT2D eigenvalue weighted by molar-refractivity contribution is -0.112. The molecule has 0 aromatic heterocycles. The van der Waals surface area contributed by atoms with Crippen LogP contribution in [0, 0.1) is 17.1 Å². The van der Waals surface area contributed by atoms with Gasteiger partial charge in [-0.15, -0.1) is 0 Å². The molecule has 0 bridgehead atoms. The maximum atomic E-state index is 13.6. The molecule has 0 radical (unpaired) electrons. The van der Waals surface area contributed by atoms with Gasteiger partial charge in [-0.05, 0) is 35.9 Å². The number of halogens is 1. The number of anilines is 1. The van der Waals surface area contributed by atoms with Gasteiger partial charge in [0, 0.05) is 0 Å². The van der Waals surface area contributed by atoms with Crippen LogP contribution in [0.2, 0.25) is 0 Å². The van der Waals surface area contributed by atoms with Gasteiger partial charge in [0.05, 0.1) is 5.69 Å². The van der Waals surface area contributed by atoms with Crippen molar-refractivity contribution in [2.24, 2.45) is 0 Å². The van der Waals surface area contributed by atoms with Gasteiger partial charge in [-0.2, -0.15) is 5.26 Å². The zero-order chi connectivity index (χ0) is 16.9. The average Bonchev–Trinajstić information content (AvgIpc) is 2.61. The Morgan fingerprint density at radius 2 is 1.92 bits per heavy atom. The number of nitrogens with one attached hydrogen (secondary N) is 1. The van der Waals surface area contributed by atoms with E-state index in [0.29, 0.717) is 30.3 Å². The molecule has 1 aliphatic rings. The molecule has 0 spiro atoms. The lowest BCUT2D eigenvalue weighted by Crippen LogP contribution is -2.15. The van der Waals surface area contributed by atoms with E-state index in [1.165, 1.54) is 24.3 Å². The number of nitriles is 1. The van der Waals surface area contributed by atoms with E-state index in [1.54, 1.807) is 24.3 Å². The topological polar surface area (TPSA) is 71.3 Å². The first kappa shape index (κ1) is 15.6. The van der Waals surface area contributed by atoms with E-state index in [1.807, 2.05) is 6.07 Å². The summed E-state index contributed by atoms with van der Waals surface area (Å²) in [6, 6.07) is 12.7. The largest absolute Gasteiger partial charge is 0.486 e. The lowest BCUT2D eigenvalue weighted by atomic mass is 10.1. The number of rotatable bonds is 3. The van der Waals surface area contributed by atoms with E-state index in [0.717, 1.165) is 0 Å². The molecule has 24 heavy (non-hydrogen) atoms. The standard InChI is InChI=1S/C18H13FN2O3/c19-14-3-1-2-4-15(14)21-18(22)13(11-20)9-12-5-6-16-17(10-12)24-8-7-23-16/h1-6,9-10H,7-8H2,(H,21,22)/b13-9+. The lowest BCUT2D eigenvalue weighted by Gasteiger charge is -2.18. The Kier molecular flexibility index (Phi) is 4.43. The molecular weight excluding hydrogens is 311 g/mol. The maximum absolute atomic E-state index is 13.6. The van der Waals surface area contributed by atoms with Crippen molar-refractivity contribution in [2.45, 2.75) is 0 Å². The van der Waals surface area contributed by atoms with Crippen molar-refractivity contribution in [3.63, 3.8) is 0 Å². The fraction of sp³-hybridized carbons (Fsp3) is 0.111. The van der Waals surface area contributed by atoms with Crippen molar-refractivity contribution in [1.29, 1.82) is 5.26 Å². The van der Waals surface area contributed by atoms with Crippen LogP contribution in [-0.2, 0) is 4.79 Å². The second-order valence-electron chi connectivity index (χ2n) is 5.01. The third-order valence-electron chi connectivity index (χ3n) is 3.36. The number of hydrogen-bond donors (Lipinski definition) is 1. The summed E-state index contributed by atoms with van der Waals surface area (Å²) in [5.41, 5.74) is 0.486. The van der Waals surface area contributed by atoms with Crippen molar-refractivity contribution in [3.05, 3.63) is 59.4 Å². The summed E-state index contributed by atoms with van der Waals surface area (Å²) in [4.78, 5) is 12.2. The normalized spacial score (nSPS) is 13.1. The SMILES string of the molecule is N#C/C(=C\c1ccc2c(c1)OCCO2)C(=O)Nc1ccccc1F. The quantitative estimate of drug-likeness (QED) is 0.695. The molecule has 120 valence electrons. The minimum absolute atomic E-state index is 0.0193. The minimum Gasteiger partial charge on any atom is -0.486 e. The first-order chi connectivity index (χ1) is 11.7. The minimum atomic E-state index is -0.683. The number of hydrogen-bond acceptors (Lipinski definition) is 4. The highest BCUT2D eigenvalue weighted by Gasteiger charge is 2.14. The third kappa shape index (κ3) is 3.36. The van der Waals surface area contributed by atoms with Crippen LogP contribution < -0.4 is 14.8 Å². The Balaban J connectivity index is 1.83. The number of nitrogens with zero attached hydrogens (tertiary/aromatic N) is 1. The highest BCUT2D eigenvalue weighted by atomic mass is 19.1. The van der Waals surface area contributed by atoms with E-state index in [9.17, 15) is 14.4 Å². The van der Waals surface area contributed by atoms with E-state index in [4.69, 9.17) is 9.47 Å². The summed E-state index contributed by atoms with van der Waals surface area (Å²) in [5.74, 6) is -0.0746. The summed E-state index contributed by atoms with van der Waals surface area (Å²) in [5, 5.41) is 11.6. The van der Waals surface area contributed by atoms with Gasteiger partial charge >= 0.3 is 0 Å². The van der Waals surface area contributed by atoms with Crippen LogP contribution in [0.5, 0.6) is 11.5 Å². The second-order valence-corrected chi connectivity index (χ2v) is 5.01. The van der Waals surface area contributed by atoms with Crippen LogP contribution in [0.15, 0.2) is 48.0 Å². The van der Waals surface area contributed by atoms with Crippen LogP contribution in [0.3, 0.4) is 0 Å². The molecule has 1 aliphatic heterocycles. The fourth-order valence-electron chi connectivity index (χ4n) is 2.22. The first-order valence-electron chi connectivity index (χ1n) is 7.25. The molecule has 0 unspecified atom stereocenters. The third-order valence-corrected chi connectivity index (χ3v) is 3.36. The van der Waals surface area contributed by atoms with E-state index in [-0.39, 0.29) is 11.3 Å². The van der Waals surface area contributed by atoms with Gasteiger partial charge < -0.3 is 14.8 Å². The Hall–Kier alpha value is -3.33. The van der Waals surface area contributed by atoms with Crippen LogP contribution in [0.4, 0.5) is 10.1 Å². The zero-order valence-corrected chi connectivity index (χ0v) is 12.6. The number of amides is 1. The van der Waals surface area contributed by atoms with Gasteiger partial charge in [0.25, 0.3) is 5.91 Å². The molecule has 1 amide bonds. The highest BCUT2D eigenvalue weighted by Crippen LogP contribution is 2.31. The summed E-state index contributed by atoms with van der Waals surface area (Å²) < 4.78 is 24.5.